The summed E-state index contributed by atoms with van der Waals surface area (Å²) in [5.41, 5.74) is 4.25. The summed E-state index contributed by atoms with van der Waals surface area (Å²) in [5.74, 6) is -0.449. The highest BCUT2D eigenvalue weighted by molar-refractivity contribution is 7.89. The second-order valence-electron chi connectivity index (χ2n) is 9.01. The number of nitrogens with one attached hydrogen (secondary N) is 1. The molecule has 0 amide bonds. The number of hydrogen-bond acceptors (Lipinski definition) is 4. The van der Waals surface area contributed by atoms with Gasteiger partial charge in [0.1, 0.15) is 0 Å². The molecule has 3 aromatic carbocycles. The standard InChI is InChI=1S/C27H30N2O4S/c1-29-13-11-20(12-14-29)15-21-5-2-7-23(16-21)24-8-3-6-22(17-24)19-28-34(32,33)26-10-4-9-25(18-26)27(30)31/h2-10,16-18,20,28H,11-15,19H2,1H3,(H,30,31). The molecule has 6 nitrogen and oxygen atoms in total. The molecule has 0 atom stereocenters. The molecule has 1 fully saturated rings. The van der Waals surface area contributed by atoms with Gasteiger partial charge in [-0.1, -0.05) is 48.5 Å². The second kappa shape index (κ2) is 10.5. The first-order chi connectivity index (χ1) is 16.3. The molecule has 0 saturated carbocycles. The van der Waals surface area contributed by atoms with E-state index in [0.717, 1.165) is 42.3 Å². The smallest absolute Gasteiger partial charge is 0.335 e. The van der Waals surface area contributed by atoms with E-state index in [2.05, 4.69) is 40.9 Å². The number of piperidine rings is 1. The molecule has 1 heterocycles. The lowest BCUT2D eigenvalue weighted by atomic mass is 9.89. The van der Waals surface area contributed by atoms with Crippen molar-refractivity contribution in [2.75, 3.05) is 20.1 Å². The van der Waals surface area contributed by atoms with Crippen molar-refractivity contribution in [1.82, 2.24) is 9.62 Å². The van der Waals surface area contributed by atoms with Crippen LogP contribution in [0.25, 0.3) is 11.1 Å². The van der Waals surface area contributed by atoms with Gasteiger partial charge in [0.05, 0.1) is 10.5 Å². The quantitative estimate of drug-likeness (QED) is 0.501. The van der Waals surface area contributed by atoms with Crippen LogP contribution in [0.5, 0.6) is 0 Å². The second-order valence-corrected chi connectivity index (χ2v) is 10.8. The van der Waals surface area contributed by atoms with E-state index in [0.29, 0.717) is 5.92 Å². The van der Waals surface area contributed by atoms with Crippen molar-refractivity contribution in [3.8, 4) is 11.1 Å². The number of hydrogen-bond donors (Lipinski definition) is 2. The van der Waals surface area contributed by atoms with Crippen molar-refractivity contribution in [2.24, 2.45) is 5.92 Å². The van der Waals surface area contributed by atoms with E-state index in [1.165, 1.54) is 36.6 Å². The Labute approximate surface area is 201 Å². The molecule has 1 aliphatic rings. The molecule has 2 N–H and O–H groups in total. The summed E-state index contributed by atoms with van der Waals surface area (Å²) in [5, 5.41) is 9.13. The Bertz CT molecular complexity index is 1260. The van der Waals surface area contributed by atoms with Crippen LogP contribution in [-0.4, -0.2) is 44.5 Å². The molecule has 0 unspecified atom stereocenters. The van der Waals surface area contributed by atoms with E-state index in [1.807, 2.05) is 24.3 Å². The Morgan fingerprint density at radius 3 is 2.24 bits per heavy atom. The minimum absolute atomic E-state index is 0.0647. The number of carboxylic acid groups (broad SMARTS) is 1. The third kappa shape index (κ3) is 6.11. The molecule has 3 aromatic rings. The highest BCUT2D eigenvalue weighted by Gasteiger charge is 2.18. The Morgan fingerprint density at radius 2 is 1.56 bits per heavy atom. The zero-order chi connectivity index (χ0) is 24.1. The van der Waals surface area contributed by atoms with E-state index in [9.17, 15) is 13.2 Å². The van der Waals surface area contributed by atoms with Gasteiger partial charge in [-0.2, -0.15) is 0 Å². The van der Waals surface area contributed by atoms with Crippen molar-refractivity contribution in [3.63, 3.8) is 0 Å². The molecule has 34 heavy (non-hydrogen) atoms. The lowest BCUT2D eigenvalue weighted by molar-refractivity contribution is 0.0696. The normalized spacial score (nSPS) is 15.3. The molecule has 0 spiro atoms. The lowest BCUT2D eigenvalue weighted by Crippen LogP contribution is -2.30. The summed E-state index contributed by atoms with van der Waals surface area (Å²) in [6.07, 6.45) is 3.54. The van der Waals surface area contributed by atoms with Gasteiger partial charge in [-0.05, 0) is 91.8 Å². The lowest BCUT2D eigenvalue weighted by Gasteiger charge is -2.29. The third-order valence-electron chi connectivity index (χ3n) is 6.41. The maximum absolute atomic E-state index is 12.7. The maximum atomic E-state index is 12.7. The zero-order valence-corrected chi connectivity index (χ0v) is 20.1. The van der Waals surface area contributed by atoms with Crippen LogP contribution in [-0.2, 0) is 23.0 Å². The average molecular weight is 479 g/mol. The van der Waals surface area contributed by atoms with Gasteiger partial charge >= 0.3 is 5.97 Å². The Kier molecular flexibility index (Phi) is 7.46. The highest BCUT2D eigenvalue weighted by atomic mass is 32.2. The fraction of sp³-hybridized carbons (Fsp3) is 0.296. The Balaban J connectivity index is 1.45. The monoisotopic (exact) mass is 478 g/mol. The number of aromatic carboxylic acids is 1. The van der Waals surface area contributed by atoms with Crippen LogP contribution in [0.2, 0.25) is 0 Å². The van der Waals surface area contributed by atoms with Crippen LogP contribution >= 0.6 is 0 Å². The van der Waals surface area contributed by atoms with Gasteiger partial charge in [-0.3, -0.25) is 0 Å². The number of sulfonamides is 1. The SMILES string of the molecule is CN1CCC(Cc2cccc(-c3cccc(CNS(=O)(=O)c4cccc(C(=O)O)c4)c3)c2)CC1. The van der Waals surface area contributed by atoms with Gasteiger partial charge in [-0.15, -0.1) is 0 Å². The van der Waals surface area contributed by atoms with Crippen LogP contribution in [0, 0.1) is 5.92 Å². The number of nitrogens with zero attached hydrogens (tertiary/aromatic N) is 1. The summed E-state index contributed by atoms with van der Waals surface area (Å²) in [7, 11) is -1.66. The molecular weight excluding hydrogens is 448 g/mol. The molecule has 4 rings (SSSR count). The van der Waals surface area contributed by atoms with Crippen molar-refractivity contribution in [3.05, 3.63) is 89.5 Å². The zero-order valence-electron chi connectivity index (χ0n) is 19.3. The van der Waals surface area contributed by atoms with E-state index in [1.54, 1.807) is 0 Å². The predicted molar refractivity (Wildman–Crippen MR) is 133 cm³/mol. The van der Waals surface area contributed by atoms with Gasteiger partial charge < -0.3 is 10.0 Å². The number of carbonyl (C=O) groups is 1. The van der Waals surface area contributed by atoms with Crippen molar-refractivity contribution >= 4 is 16.0 Å². The number of benzene rings is 3. The van der Waals surface area contributed by atoms with Crippen LogP contribution < -0.4 is 4.72 Å². The van der Waals surface area contributed by atoms with Crippen LogP contribution in [0.3, 0.4) is 0 Å². The first-order valence-electron chi connectivity index (χ1n) is 11.5. The van der Waals surface area contributed by atoms with Crippen molar-refractivity contribution in [1.29, 1.82) is 0 Å². The molecule has 1 aliphatic heterocycles. The molecule has 0 aromatic heterocycles. The fourth-order valence-electron chi connectivity index (χ4n) is 4.40. The van der Waals surface area contributed by atoms with Crippen molar-refractivity contribution in [2.45, 2.75) is 30.7 Å². The molecule has 178 valence electrons. The van der Waals surface area contributed by atoms with E-state index < -0.39 is 16.0 Å². The number of likely N-dealkylation sites (tertiary alicyclic amines) is 1. The van der Waals surface area contributed by atoms with Gasteiger partial charge in [-0.25, -0.2) is 17.9 Å². The molecule has 0 radical (unpaired) electrons. The van der Waals surface area contributed by atoms with Gasteiger partial charge in [0, 0.05) is 6.54 Å². The number of carboxylic acids is 1. The molecule has 0 bridgehead atoms. The van der Waals surface area contributed by atoms with Crippen LogP contribution in [0.15, 0.2) is 77.7 Å². The average Bonchev–Trinajstić information content (AvgIpc) is 2.85. The van der Waals surface area contributed by atoms with Crippen LogP contribution in [0.1, 0.15) is 34.3 Å². The van der Waals surface area contributed by atoms with E-state index in [-0.39, 0.29) is 17.0 Å². The van der Waals surface area contributed by atoms with Crippen molar-refractivity contribution < 1.29 is 18.3 Å². The summed E-state index contributed by atoms with van der Waals surface area (Å²) >= 11 is 0. The third-order valence-corrected chi connectivity index (χ3v) is 7.81. The predicted octanol–water partition coefficient (Wildman–Crippen LogP) is 4.41. The van der Waals surface area contributed by atoms with Gasteiger partial charge in [0.2, 0.25) is 10.0 Å². The summed E-state index contributed by atoms with van der Waals surface area (Å²) in [4.78, 5) is 13.5. The molecular formula is C27H30N2O4S. The summed E-state index contributed by atoms with van der Waals surface area (Å²) < 4.78 is 27.9. The largest absolute Gasteiger partial charge is 0.478 e. The molecule has 0 aliphatic carbocycles. The highest BCUT2D eigenvalue weighted by Crippen LogP contribution is 2.26. The first kappa shape index (κ1) is 24.1. The van der Waals surface area contributed by atoms with E-state index >= 15 is 0 Å². The molecule has 1 saturated heterocycles. The Morgan fingerprint density at radius 1 is 0.941 bits per heavy atom. The van der Waals surface area contributed by atoms with E-state index in [4.69, 9.17) is 5.11 Å². The maximum Gasteiger partial charge on any atom is 0.335 e. The van der Waals surface area contributed by atoms with Gasteiger partial charge in [0.25, 0.3) is 0 Å². The topological polar surface area (TPSA) is 86.7 Å². The minimum atomic E-state index is -3.84. The summed E-state index contributed by atoms with van der Waals surface area (Å²) in [6, 6.07) is 21.8. The summed E-state index contributed by atoms with van der Waals surface area (Å²) in [6.45, 7) is 2.43. The van der Waals surface area contributed by atoms with Crippen LogP contribution in [0.4, 0.5) is 0 Å². The Hall–Kier alpha value is -3.00. The first-order valence-corrected chi connectivity index (χ1v) is 13.0. The number of rotatable bonds is 8. The fourth-order valence-corrected chi connectivity index (χ4v) is 5.46. The minimum Gasteiger partial charge on any atom is -0.478 e. The van der Waals surface area contributed by atoms with Gasteiger partial charge in [0.15, 0.2) is 0 Å². The molecule has 7 heteroatoms.